The van der Waals surface area contributed by atoms with E-state index in [4.69, 9.17) is 0 Å². The molecular formula is C27H36N4O3. The SMILES string of the molecule is Cc1cnn(CCC(=O)N2CC[C@]34CCN(CC5CC5)[C@H](Cc5ccc(O)cc53)[C@]4(O)CC2)c1. The first-order chi connectivity index (χ1) is 16.4. The fourth-order valence-electron chi connectivity index (χ4n) is 7.07. The Labute approximate surface area is 201 Å². The van der Waals surface area contributed by atoms with Crippen LogP contribution in [0.4, 0.5) is 0 Å². The number of aromatic hydroxyl groups is 1. The van der Waals surface area contributed by atoms with Crippen molar-refractivity contribution in [2.45, 2.75) is 75.5 Å². The predicted molar refractivity (Wildman–Crippen MR) is 129 cm³/mol. The van der Waals surface area contributed by atoms with Crippen LogP contribution in [0.3, 0.4) is 0 Å². The number of carbonyl (C=O) groups excluding carboxylic acids is 1. The number of likely N-dealkylation sites (tertiary alicyclic amines) is 2. The molecule has 2 bridgehead atoms. The minimum Gasteiger partial charge on any atom is -0.508 e. The average Bonchev–Trinajstić information content (AvgIpc) is 3.56. The number of rotatable bonds is 5. The number of carbonyl (C=O) groups is 1. The highest BCUT2D eigenvalue weighted by atomic mass is 16.3. The van der Waals surface area contributed by atoms with E-state index < -0.39 is 11.0 Å². The van der Waals surface area contributed by atoms with Crippen LogP contribution in [0.25, 0.3) is 0 Å². The summed E-state index contributed by atoms with van der Waals surface area (Å²) in [5.41, 5.74) is 2.14. The van der Waals surface area contributed by atoms with Crippen LogP contribution >= 0.6 is 0 Å². The van der Waals surface area contributed by atoms with Crippen molar-refractivity contribution in [1.82, 2.24) is 19.6 Å². The van der Waals surface area contributed by atoms with E-state index in [9.17, 15) is 15.0 Å². The fraction of sp³-hybridized carbons (Fsp3) is 0.630. The second-order valence-electron chi connectivity index (χ2n) is 11.2. The number of aromatic nitrogens is 2. The lowest BCUT2D eigenvalue weighted by Crippen LogP contribution is -2.71. The quantitative estimate of drug-likeness (QED) is 0.711. The molecule has 1 aromatic carbocycles. The number of amides is 1. The summed E-state index contributed by atoms with van der Waals surface area (Å²) in [7, 11) is 0. The van der Waals surface area contributed by atoms with E-state index in [1.807, 2.05) is 35.0 Å². The predicted octanol–water partition coefficient (Wildman–Crippen LogP) is 2.62. The molecular weight excluding hydrogens is 428 g/mol. The van der Waals surface area contributed by atoms with Crippen molar-refractivity contribution in [2.24, 2.45) is 5.92 Å². The van der Waals surface area contributed by atoms with Crippen molar-refractivity contribution in [1.29, 1.82) is 0 Å². The number of hydrogen-bond acceptors (Lipinski definition) is 5. The normalized spacial score (nSPS) is 31.0. The lowest BCUT2D eigenvalue weighted by atomic mass is 9.52. The second kappa shape index (κ2) is 8.09. The minimum absolute atomic E-state index is 0.0704. The van der Waals surface area contributed by atoms with E-state index in [1.54, 1.807) is 6.07 Å². The molecule has 2 aromatic rings. The van der Waals surface area contributed by atoms with Crippen molar-refractivity contribution < 1.29 is 15.0 Å². The summed E-state index contributed by atoms with van der Waals surface area (Å²) in [5.74, 6) is 1.17. The maximum atomic E-state index is 13.2. The number of aryl methyl sites for hydroxylation is 2. The van der Waals surface area contributed by atoms with Gasteiger partial charge in [-0.3, -0.25) is 14.4 Å². The highest BCUT2D eigenvalue weighted by molar-refractivity contribution is 5.76. The summed E-state index contributed by atoms with van der Waals surface area (Å²) in [6.45, 7) is 5.85. The summed E-state index contributed by atoms with van der Waals surface area (Å²) in [5, 5.41) is 27.2. The van der Waals surface area contributed by atoms with Gasteiger partial charge in [0.05, 0.1) is 11.8 Å². The Kier molecular flexibility index (Phi) is 5.26. The molecule has 2 aliphatic carbocycles. The van der Waals surface area contributed by atoms with Gasteiger partial charge in [-0.05, 0) is 86.7 Å². The van der Waals surface area contributed by atoms with Crippen LogP contribution in [-0.4, -0.2) is 73.5 Å². The summed E-state index contributed by atoms with van der Waals surface area (Å²) in [4.78, 5) is 17.7. The van der Waals surface area contributed by atoms with E-state index in [2.05, 4.69) is 16.1 Å². The maximum absolute atomic E-state index is 13.2. The molecule has 1 saturated carbocycles. The molecule has 34 heavy (non-hydrogen) atoms. The number of hydrogen-bond donors (Lipinski definition) is 2. The van der Waals surface area contributed by atoms with Gasteiger partial charge < -0.3 is 15.1 Å². The molecule has 0 radical (unpaired) electrons. The summed E-state index contributed by atoms with van der Waals surface area (Å²) >= 11 is 0. The maximum Gasteiger partial charge on any atom is 0.224 e. The van der Waals surface area contributed by atoms with Crippen molar-refractivity contribution >= 4 is 5.91 Å². The Morgan fingerprint density at radius 3 is 2.74 bits per heavy atom. The van der Waals surface area contributed by atoms with Crippen molar-refractivity contribution in [3.63, 3.8) is 0 Å². The molecule has 0 unspecified atom stereocenters. The van der Waals surface area contributed by atoms with Crippen molar-refractivity contribution in [3.8, 4) is 5.75 Å². The first kappa shape index (κ1) is 22.1. The number of fused-ring (bicyclic) bond motifs is 1. The molecule has 2 N–H and O–H groups in total. The van der Waals surface area contributed by atoms with Crippen LogP contribution in [-0.2, 0) is 23.2 Å². The Morgan fingerprint density at radius 2 is 1.97 bits per heavy atom. The zero-order valence-electron chi connectivity index (χ0n) is 20.1. The third kappa shape index (κ3) is 3.55. The largest absolute Gasteiger partial charge is 0.508 e. The van der Waals surface area contributed by atoms with E-state index in [1.165, 1.54) is 18.4 Å². The third-order valence-corrected chi connectivity index (χ3v) is 9.10. The lowest BCUT2D eigenvalue weighted by molar-refractivity contribution is -0.149. The lowest BCUT2D eigenvalue weighted by Gasteiger charge is -2.61. The molecule has 1 aromatic heterocycles. The molecule has 1 amide bonds. The monoisotopic (exact) mass is 464 g/mol. The summed E-state index contributed by atoms with van der Waals surface area (Å²) < 4.78 is 1.83. The Balaban J connectivity index is 1.29. The molecule has 7 nitrogen and oxygen atoms in total. The van der Waals surface area contributed by atoms with E-state index in [0.29, 0.717) is 32.5 Å². The van der Waals surface area contributed by atoms with Crippen LogP contribution in [0.15, 0.2) is 30.6 Å². The van der Waals surface area contributed by atoms with Gasteiger partial charge in [-0.2, -0.15) is 5.10 Å². The van der Waals surface area contributed by atoms with Crippen LogP contribution in [0, 0.1) is 12.8 Å². The third-order valence-electron chi connectivity index (χ3n) is 9.10. The summed E-state index contributed by atoms with van der Waals surface area (Å²) in [6.07, 6.45) is 9.81. The first-order valence-corrected chi connectivity index (χ1v) is 12.9. The smallest absolute Gasteiger partial charge is 0.224 e. The fourth-order valence-corrected chi connectivity index (χ4v) is 7.07. The van der Waals surface area contributed by atoms with Crippen molar-refractivity contribution in [3.05, 3.63) is 47.3 Å². The number of aliphatic hydroxyl groups is 1. The second-order valence-corrected chi connectivity index (χ2v) is 11.2. The molecule has 3 atom stereocenters. The van der Waals surface area contributed by atoms with E-state index >= 15 is 0 Å². The highest BCUT2D eigenvalue weighted by Crippen LogP contribution is 2.56. The molecule has 6 rings (SSSR count). The van der Waals surface area contributed by atoms with Gasteiger partial charge in [0.25, 0.3) is 0 Å². The van der Waals surface area contributed by atoms with Gasteiger partial charge >= 0.3 is 0 Å². The molecule has 3 heterocycles. The minimum atomic E-state index is -0.894. The van der Waals surface area contributed by atoms with Gasteiger partial charge in [-0.1, -0.05) is 6.07 Å². The molecule has 2 saturated heterocycles. The van der Waals surface area contributed by atoms with E-state index in [0.717, 1.165) is 49.4 Å². The highest BCUT2D eigenvalue weighted by Gasteiger charge is 2.63. The number of piperidine rings is 1. The standard InChI is InChI=1S/C27H36N4O3/c1-19-16-28-31(17-19)10-6-25(33)29-11-7-26-8-12-30(18-20-2-3-20)24(27(26,34)9-13-29)14-21-4-5-22(32)15-23(21)26/h4-5,15-17,20,24,32,34H,2-3,6-14,18H2,1H3/t24-,26+,27-/m1/s1. The Bertz CT molecular complexity index is 1100. The number of phenolic OH excluding ortho intramolecular Hbond substituents is 1. The topological polar surface area (TPSA) is 81.8 Å². The zero-order valence-corrected chi connectivity index (χ0v) is 20.1. The number of phenols is 1. The Hall–Kier alpha value is -2.38. The molecule has 0 spiro atoms. The molecule has 182 valence electrons. The molecule has 3 fully saturated rings. The van der Waals surface area contributed by atoms with Gasteiger partial charge in [0.15, 0.2) is 0 Å². The zero-order chi connectivity index (χ0) is 23.5. The van der Waals surface area contributed by atoms with Crippen LogP contribution in [0.5, 0.6) is 5.75 Å². The van der Waals surface area contributed by atoms with Gasteiger partial charge in [-0.25, -0.2) is 0 Å². The first-order valence-electron chi connectivity index (χ1n) is 12.9. The van der Waals surface area contributed by atoms with Gasteiger partial charge in [-0.15, -0.1) is 0 Å². The molecule has 7 heteroatoms. The average molecular weight is 465 g/mol. The van der Waals surface area contributed by atoms with Crippen LogP contribution < -0.4 is 0 Å². The van der Waals surface area contributed by atoms with Gasteiger partial charge in [0.1, 0.15) is 5.75 Å². The number of benzene rings is 1. The van der Waals surface area contributed by atoms with Crippen molar-refractivity contribution in [2.75, 3.05) is 26.2 Å². The molecule has 4 aliphatic rings. The summed E-state index contributed by atoms with van der Waals surface area (Å²) in [6, 6.07) is 5.80. The van der Waals surface area contributed by atoms with Crippen LogP contribution in [0.2, 0.25) is 0 Å². The number of nitrogens with zero attached hydrogens (tertiary/aromatic N) is 4. The van der Waals surface area contributed by atoms with Gasteiger partial charge in [0, 0.05) is 50.3 Å². The Morgan fingerprint density at radius 1 is 1.18 bits per heavy atom. The van der Waals surface area contributed by atoms with Crippen LogP contribution in [0.1, 0.15) is 55.2 Å². The van der Waals surface area contributed by atoms with E-state index in [-0.39, 0.29) is 17.7 Å². The molecule has 2 aliphatic heterocycles. The van der Waals surface area contributed by atoms with Gasteiger partial charge in [0.2, 0.25) is 5.91 Å².